The molecule has 1 amide bonds. The van der Waals surface area contributed by atoms with Crippen molar-refractivity contribution in [3.63, 3.8) is 0 Å². The van der Waals surface area contributed by atoms with Gasteiger partial charge in [-0.15, -0.1) is 6.58 Å². The summed E-state index contributed by atoms with van der Waals surface area (Å²) < 4.78 is 0. The summed E-state index contributed by atoms with van der Waals surface area (Å²) in [6, 6.07) is -0.0268. The van der Waals surface area contributed by atoms with Crippen LogP contribution in [-0.4, -0.2) is 23.2 Å². The van der Waals surface area contributed by atoms with Gasteiger partial charge in [-0.3, -0.25) is 4.79 Å². The monoisotopic (exact) mass is 197 g/mol. The molecule has 1 fully saturated rings. The summed E-state index contributed by atoms with van der Waals surface area (Å²) in [5.41, 5.74) is 0. The molecule has 0 saturated heterocycles. The fourth-order valence-electron chi connectivity index (χ4n) is 1.79. The fraction of sp³-hybridized carbons (Fsp3) is 0.727. The third-order valence-electron chi connectivity index (χ3n) is 2.65. The largest absolute Gasteiger partial charge is 0.391 e. The van der Waals surface area contributed by atoms with Gasteiger partial charge in [-0.2, -0.15) is 0 Å². The number of amides is 1. The van der Waals surface area contributed by atoms with Gasteiger partial charge in [0.2, 0.25) is 5.91 Å². The van der Waals surface area contributed by atoms with Gasteiger partial charge in [0.25, 0.3) is 0 Å². The Morgan fingerprint density at radius 3 is 2.86 bits per heavy atom. The summed E-state index contributed by atoms with van der Waals surface area (Å²) in [7, 11) is 0. The number of nitrogens with one attached hydrogen (secondary N) is 1. The molecule has 0 aromatic heterocycles. The highest BCUT2D eigenvalue weighted by atomic mass is 16.3. The van der Waals surface area contributed by atoms with E-state index in [2.05, 4.69) is 11.9 Å². The van der Waals surface area contributed by atoms with Crippen molar-refractivity contribution in [2.45, 2.75) is 50.7 Å². The molecule has 0 aromatic carbocycles. The van der Waals surface area contributed by atoms with Gasteiger partial charge in [0.05, 0.1) is 12.1 Å². The number of rotatable bonds is 4. The third kappa shape index (κ3) is 3.50. The van der Waals surface area contributed by atoms with E-state index in [1.807, 2.05) is 0 Å². The summed E-state index contributed by atoms with van der Waals surface area (Å²) >= 11 is 0. The summed E-state index contributed by atoms with van der Waals surface area (Å²) in [5, 5.41) is 12.5. The number of hydrogen-bond acceptors (Lipinski definition) is 2. The van der Waals surface area contributed by atoms with Crippen molar-refractivity contribution in [1.29, 1.82) is 0 Å². The number of aliphatic hydroxyl groups excluding tert-OH is 1. The molecule has 3 nitrogen and oxygen atoms in total. The molecule has 0 radical (unpaired) electrons. The molecule has 1 rings (SSSR count). The predicted octanol–water partition coefficient (Wildman–Crippen LogP) is 1.37. The number of aliphatic hydroxyl groups is 1. The molecule has 80 valence electrons. The molecule has 0 aromatic rings. The molecule has 0 heterocycles. The van der Waals surface area contributed by atoms with Gasteiger partial charge in [-0.1, -0.05) is 18.9 Å². The van der Waals surface area contributed by atoms with E-state index in [9.17, 15) is 9.90 Å². The highest BCUT2D eigenvalue weighted by Crippen LogP contribution is 2.18. The van der Waals surface area contributed by atoms with Gasteiger partial charge < -0.3 is 10.4 Å². The van der Waals surface area contributed by atoms with E-state index < -0.39 is 0 Å². The van der Waals surface area contributed by atoms with E-state index in [4.69, 9.17) is 0 Å². The second-order valence-corrected chi connectivity index (χ2v) is 3.85. The smallest absolute Gasteiger partial charge is 0.220 e. The van der Waals surface area contributed by atoms with E-state index in [0.29, 0.717) is 12.8 Å². The summed E-state index contributed by atoms with van der Waals surface area (Å²) in [4.78, 5) is 11.3. The lowest BCUT2D eigenvalue weighted by Gasteiger charge is -2.28. The highest BCUT2D eigenvalue weighted by Gasteiger charge is 2.23. The Labute approximate surface area is 85.2 Å². The van der Waals surface area contributed by atoms with Crippen molar-refractivity contribution in [2.24, 2.45) is 0 Å². The van der Waals surface area contributed by atoms with Crippen LogP contribution in [0.15, 0.2) is 12.7 Å². The predicted molar refractivity (Wildman–Crippen MR) is 55.8 cm³/mol. The van der Waals surface area contributed by atoms with Crippen LogP contribution in [0.25, 0.3) is 0 Å². The SMILES string of the molecule is C=CCCC(=O)N[C@H]1CCCC[C@@H]1O. The molecule has 0 unspecified atom stereocenters. The number of allylic oxidation sites excluding steroid dienone is 1. The second kappa shape index (κ2) is 5.81. The summed E-state index contributed by atoms with van der Waals surface area (Å²) in [5.74, 6) is 0.0239. The Balaban J connectivity index is 2.27. The molecule has 0 bridgehead atoms. The minimum absolute atomic E-state index is 0.0239. The first-order valence-electron chi connectivity index (χ1n) is 5.32. The normalized spacial score (nSPS) is 26.9. The maximum atomic E-state index is 11.3. The number of hydrogen-bond donors (Lipinski definition) is 2. The zero-order valence-corrected chi connectivity index (χ0v) is 8.54. The maximum absolute atomic E-state index is 11.3. The van der Waals surface area contributed by atoms with Crippen molar-refractivity contribution in [1.82, 2.24) is 5.32 Å². The first-order chi connectivity index (χ1) is 6.74. The molecular formula is C11H19NO2. The van der Waals surface area contributed by atoms with Crippen LogP contribution in [0, 0.1) is 0 Å². The van der Waals surface area contributed by atoms with Crippen LogP contribution in [0.1, 0.15) is 38.5 Å². The lowest BCUT2D eigenvalue weighted by Crippen LogP contribution is -2.44. The van der Waals surface area contributed by atoms with Crippen molar-refractivity contribution < 1.29 is 9.90 Å². The molecule has 14 heavy (non-hydrogen) atoms. The van der Waals surface area contributed by atoms with Crippen LogP contribution < -0.4 is 5.32 Å². The van der Waals surface area contributed by atoms with Gasteiger partial charge >= 0.3 is 0 Å². The van der Waals surface area contributed by atoms with Crippen LogP contribution in [0.2, 0.25) is 0 Å². The van der Waals surface area contributed by atoms with Crippen LogP contribution >= 0.6 is 0 Å². The zero-order valence-electron chi connectivity index (χ0n) is 8.54. The minimum Gasteiger partial charge on any atom is -0.391 e. The average Bonchev–Trinajstić information content (AvgIpc) is 2.18. The third-order valence-corrected chi connectivity index (χ3v) is 2.65. The van der Waals surface area contributed by atoms with Crippen LogP contribution in [0.5, 0.6) is 0 Å². The topological polar surface area (TPSA) is 49.3 Å². The fourth-order valence-corrected chi connectivity index (χ4v) is 1.79. The summed E-state index contributed by atoms with van der Waals surface area (Å²) in [6.45, 7) is 3.57. The molecular weight excluding hydrogens is 178 g/mol. The van der Waals surface area contributed by atoms with Gasteiger partial charge in [0.15, 0.2) is 0 Å². The van der Waals surface area contributed by atoms with E-state index in [1.165, 1.54) is 0 Å². The number of carbonyl (C=O) groups excluding carboxylic acids is 1. The average molecular weight is 197 g/mol. The Morgan fingerprint density at radius 2 is 2.21 bits per heavy atom. The molecule has 0 spiro atoms. The molecule has 1 saturated carbocycles. The first kappa shape index (κ1) is 11.2. The zero-order chi connectivity index (χ0) is 10.4. The van der Waals surface area contributed by atoms with E-state index in [1.54, 1.807) is 6.08 Å². The van der Waals surface area contributed by atoms with Crippen LogP contribution in [0.3, 0.4) is 0 Å². The maximum Gasteiger partial charge on any atom is 0.220 e. The van der Waals surface area contributed by atoms with E-state index in [0.717, 1.165) is 25.7 Å². The minimum atomic E-state index is -0.351. The lowest BCUT2D eigenvalue weighted by molar-refractivity contribution is -0.122. The lowest BCUT2D eigenvalue weighted by atomic mass is 9.92. The van der Waals surface area contributed by atoms with Crippen LogP contribution in [0.4, 0.5) is 0 Å². The quantitative estimate of drug-likeness (QED) is 0.669. The molecule has 1 aliphatic rings. The Kier molecular flexibility index (Phi) is 4.66. The molecule has 2 atom stereocenters. The Hall–Kier alpha value is -0.830. The standard InChI is InChI=1S/C11H19NO2/c1-2-3-8-11(14)12-9-6-4-5-7-10(9)13/h2,9-10,13H,1,3-8H2,(H,12,14)/t9-,10-/m0/s1. The van der Waals surface area contributed by atoms with Gasteiger partial charge in [0, 0.05) is 6.42 Å². The van der Waals surface area contributed by atoms with Crippen molar-refractivity contribution in [3.8, 4) is 0 Å². The van der Waals surface area contributed by atoms with E-state index in [-0.39, 0.29) is 18.1 Å². The molecule has 0 aliphatic heterocycles. The van der Waals surface area contributed by atoms with E-state index >= 15 is 0 Å². The van der Waals surface area contributed by atoms with Gasteiger partial charge in [-0.25, -0.2) is 0 Å². The van der Waals surface area contributed by atoms with Crippen LogP contribution in [-0.2, 0) is 4.79 Å². The van der Waals surface area contributed by atoms with Crippen molar-refractivity contribution in [3.05, 3.63) is 12.7 Å². The Bertz CT molecular complexity index is 203. The summed E-state index contributed by atoms with van der Waals surface area (Å²) in [6.07, 6.45) is 6.45. The van der Waals surface area contributed by atoms with Gasteiger partial charge in [0.1, 0.15) is 0 Å². The Morgan fingerprint density at radius 1 is 1.50 bits per heavy atom. The number of carbonyl (C=O) groups is 1. The molecule has 1 aliphatic carbocycles. The first-order valence-corrected chi connectivity index (χ1v) is 5.32. The highest BCUT2D eigenvalue weighted by molar-refractivity contribution is 5.76. The second-order valence-electron chi connectivity index (χ2n) is 3.85. The molecule has 2 N–H and O–H groups in total. The van der Waals surface area contributed by atoms with Gasteiger partial charge in [-0.05, 0) is 19.3 Å². The van der Waals surface area contributed by atoms with Crippen molar-refractivity contribution in [2.75, 3.05) is 0 Å². The molecule has 3 heteroatoms. The van der Waals surface area contributed by atoms with Crippen molar-refractivity contribution >= 4 is 5.91 Å².